The van der Waals surface area contributed by atoms with Crippen LogP contribution in [0, 0.1) is 0 Å². The Balaban J connectivity index is 6.00. The molecule has 0 fully saturated rings. The van der Waals surface area contributed by atoms with Crippen molar-refractivity contribution in [3.05, 3.63) is 0 Å². The van der Waals surface area contributed by atoms with Gasteiger partial charge in [-0.3, -0.25) is 0 Å². The first-order valence-electron chi connectivity index (χ1n) is 4.95. The van der Waals surface area contributed by atoms with Crippen molar-refractivity contribution >= 4 is 5.97 Å². The maximum atomic E-state index is 13.6. The fourth-order valence-corrected chi connectivity index (χ4v) is 1.38. The largest absolute Gasteiger partial charge is 0.467 e. The number of hydrogen-bond acceptors (Lipinski definition) is 3. The summed E-state index contributed by atoms with van der Waals surface area (Å²) in [6.07, 6.45) is -16.5. The van der Waals surface area contributed by atoms with Gasteiger partial charge in [0, 0.05) is 6.42 Å². The van der Waals surface area contributed by atoms with E-state index in [1.807, 2.05) is 0 Å². The molecule has 12 heteroatoms. The van der Waals surface area contributed by atoms with Gasteiger partial charge in [-0.05, 0) is 6.92 Å². The van der Waals surface area contributed by atoms with Gasteiger partial charge >= 0.3 is 24.2 Å². The number of carbonyl (C=O) groups excluding carboxylic acids is 1. The first-order chi connectivity index (χ1) is 8.94. The predicted octanol–water partition coefficient (Wildman–Crippen LogP) is 2.77. The van der Waals surface area contributed by atoms with E-state index >= 15 is 0 Å². The molecule has 2 unspecified atom stereocenters. The Bertz CT molecular complexity index is 398. The van der Waals surface area contributed by atoms with Crippen LogP contribution in [0.1, 0.15) is 13.3 Å². The second-order valence-electron chi connectivity index (χ2n) is 4.31. The van der Waals surface area contributed by atoms with Gasteiger partial charge in [0.1, 0.15) is 0 Å². The van der Waals surface area contributed by atoms with Gasteiger partial charge in [0.15, 0.2) is 5.60 Å². The van der Waals surface area contributed by atoms with E-state index in [2.05, 4.69) is 4.74 Å². The second kappa shape index (κ2) is 5.21. The van der Waals surface area contributed by atoms with E-state index in [1.165, 1.54) is 0 Å². The number of carbonyl (C=O) groups is 1. The average Bonchev–Trinajstić information content (AvgIpc) is 2.23. The zero-order valence-electron chi connectivity index (χ0n) is 10.4. The third-order valence-corrected chi connectivity index (χ3v) is 2.52. The van der Waals surface area contributed by atoms with E-state index < -0.39 is 41.9 Å². The minimum Gasteiger partial charge on any atom is -0.467 e. The molecule has 126 valence electrons. The minimum atomic E-state index is -6.90. The van der Waals surface area contributed by atoms with Crippen molar-refractivity contribution in [1.29, 1.82) is 0 Å². The second-order valence-corrected chi connectivity index (χ2v) is 4.31. The Labute approximate surface area is 111 Å². The first-order valence-corrected chi connectivity index (χ1v) is 4.95. The lowest BCUT2D eigenvalue weighted by Crippen LogP contribution is -2.65. The van der Waals surface area contributed by atoms with Gasteiger partial charge in [-0.1, -0.05) is 0 Å². The smallest absolute Gasteiger partial charge is 0.457 e. The Morgan fingerprint density at radius 3 is 1.57 bits per heavy atom. The SMILES string of the molecule is COC(=O)C(C)(O)CC(F)(C(F)(F)F)C(F)(F)C(F)(F)F. The summed E-state index contributed by atoms with van der Waals surface area (Å²) in [6.45, 7) is 0.116. The molecule has 3 nitrogen and oxygen atoms in total. The normalized spacial score (nSPS) is 19.6. The molecule has 21 heavy (non-hydrogen) atoms. The first kappa shape index (κ1) is 19.8. The highest BCUT2D eigenvalue weighted by atomic mass is 19.4. The zero-order chi connectivity index (χ0) is 17.5. The lowest BCUT2D eigenvalue weighted by Gasteiger charge is -2.38. The Kier molecular flexibility index (Phi) is 4.92. The van der Waals surface area contributed by atoms with E-state index in [4.69, 9.17) is 0 Å². The number of ether oxygens (including phenoxy) is 1. The van der Waals surface area contributed by atoms with E-state index in [0.717, 1.165) is 0 Å². The number of alkyl halides is 9. The summed E-state index contributed by atoms with van der Waals surface area (Å²) in [6, 6.07) is 0. The van der Waals surface area contributed by atoms with Crippen LogP contribution in [0.5, 0.6) is 0 Å². The van der Waals surface area contributed by atoms with Crippen molar-refractivity contribution in [2.24, 2.45) is 0 Å². The summed E-state index contributed by atoms with van der Waals surface area (Å²) in [5, 5.41) is 9.20. The maximum absolute atomic E-state index is 13.6. The van der Waals surface area contributed by atoms with Gasteiger partial charge in [-0.25, -0.2) is 9.18 Å². The number of aliphatic hydroxyl groups is 1. The fraction of sp³-hybridized carbons (Fsp3) is 0.889. The van der Waals surface area contributed by atoms with Crippen LogP contribution in [-0.4, -0.2) is 47.7 Å². The van der Waals surface area contributed by atoms with Crippen LogP contribution in [0.2, 0.25) is 0 Å². The van der Waals surface area contributed by atoms with Crippen molar-refractivity contribution in [3.63, 3.8) is 0 Å². The molecule has 0 aliphatic rings. The fourth-order valence-electron chi connectivity index (χ4n) is 1.38. The number of hydrogen-bond donors (Lipinski definition) is 1. The van der Waals surface area contributed by atoms with Crippen LogP contribution in [0.4, 0.5) is 39.5 Å². The van der Waals surface area contributed by atoms with Crippen molar-refractivity contribution in [2.45, 2.75) is 42.9 Å². The third-order valence-electron chi connectivity index (χ3n) is 2.52. The van der Waals surface area contributed by atoms with Crippen molar-refractivity contribution in [2.75, 3.05) is 7.11 Å². The number of esters is 1. The molecule has 2 atom stereocenters. The molecular formula is C9H9F9O3. The highest BCUT2D eigenvalue weighted by Gasteiger charge is 2.82. The van der Waals surface area contributed by atoms with Gasteiger partial charge in [-0.15, -0.1) is 0 Å². The Morgan fingerprint density at radius 1 is 0.952 bits per heavy atom. The third kappa shape index (κ3) is 3.35. The Hall–Kier alpha value is -1.20. The Morgan fingerprint density at radius 2 is 1.33 bits per heavy atom. The summed E-state index contributed by atoms with van der Waals surface area (Å²) >= 11 is 0. The van der Waals surface area contributed by atoms with E-state index in [9.17, 15) is 49.4 Å². The van der Waals surface area contributed by atoms with Gasteiger partial charge in [-0.2, -0.15) is 35.1 Å². The van der Waals surface area contributed by atoms with E-state index in [-0.39, 0.29) is 6.92 Å². The zero-order valence-corrected chi connectivity index (χ0v) is 10.4. The molecule has 0 aromatic rings. The molecule has 0 aliphatic heterocycles. The molecule has 0 aliphatic carbocycles. The topological polar surface area (TPSA) is 46.5 Å². The molecule has 0 heterocycles. The van der Waals surface area contributed by atoms with Crippen molar-refractivity contribution in [3.8, 4) is 0 Å². The van der Waals surface area contributed by atoms with Gasteiger partial charge in [0.05, 0.1) is 7.11 Å². The molecule has 0 spiro atoms. The maximum Gasteiger partial charge on any atom is 0.457 e. The minimum absolute atomic E-state index is 0.116. The lowest BCUT2D eigenvalue weighted by atomic mass is 9.83. The molecule has 0 saturated carbocycles. The molecular weight excluding hydrogens is 327 g/mol. The summed E-state index contributed by atoms with van der Waals surface area (Å²) in [7, 11) is 0.506. The molecule has 1 N–H and O–H groups in total. The molecule has 0 bridgehead atoms. The number of halogens is 9. The van der Waals surface area contributed by atoms with Gasteiger partial charge < -0.3 is 9.84 Å². The average molecular weight is 336 g/mol. The van der Waals surface area contributed by atoms with E-state index in [1.54, 1.807) is 0 Å². The highest BCUT2D eigenvalue weighted by Crippen LogP contribution is 2.55. The number of methoxy groups -OCH3 is 1. The summed E-state index contributed by atoms with van der Waals surface area (Å²) < 4.78 is 116. The summed E-state index contributed by atoms with van der Waals surface area (Å²) in [5.74, 6) is -8.90. The van der Waals surface area contributed by atoms with Gasteiger partial charge in [0.2, 0.25) is 0 Å². The van der Waals surface area contributed by atoms with Crippen molar-refractivity contribution < 1.29 is 54.2 Å². The molecule has 0 aromatic carbocycles. The molecule has 0 amide bonds. The van der Waals surface area contributed by atoms with Crippen LogP contribution in [0.25, 0.3) is 0 Å². The van der Waals surface area contributed by atoms with Crippen molar-refractivity contribution in [1.82, 2.24) is 0 Å². The lowest BCUT2D eigenvalue weighted by molar-refractivity contribution is -0.389. The summed E-state index contributed by atoms with van der Waals surface area (Å²) in [5.41, 5.74) is -9.79. The highest BCUT2D eigenvalue weighted by molar-refractivity contribution is 5.78. The quantitative estimate of drug-likeness (QED) is 0.634. The van der Waals surface area contributed by atoms with Crippen LogP contribution in [0.15, 0.2) is 0 Å². The monoisotopic (exact) mass is 336 g/mol. The molecule has 0 radical (unpaired) electrons. The van der Waals surface area contributed by atoms with Crippen LogP contribution in [0.3, 0.4) is 0 Å². The van der Waals surface area contributed by atoms with Crippen LogP contribution >= 0.6 is 0 Å². The van der Waals surface area contributed by atoms with Crippen LogP contribution in [-0.2, 0) is 9.53 Å². The van der Waals surface area contributed by atoms with E-state index in [0.29, 0.717) is 7.11 Å². The molecule has 0 rings (SSSR count). The standard InChI is InChI=1S/C9H9F9O3/c1-5(20,4(19)21-2)3-6(10,8(13,14)15)7(11,12)9(16,17)18/h20H,3H2,1-2H3. The summed E-state index contributed by atoms with van der Waals surface area (Å²) in [4.78, 5) is 10.9. The predicted molar refractivity (Wildman–Crippen MR) is 48.2 cm³/mol. The molecule has 0 aromatic heterocycles. The van der Waals surface area contributed by atoms with Crippen LogP contribution < -0.4 is 0 Å². The van der Waals surface area contributed by atoms with Gasteiger partial charge in [0.25, 0.3) is 5.67 Å². The molecule has 0 saturated heterocycles. The number of rotatable bonds is 4.